The van der Waals surface area contributed by atoms with E-state index in [9.17, 15) is 0 Å². The minimum Gasteiger partial charge on any atom is -0.490 e. The summed E-state index contributed by atoms with van der Waals surface area (Å²) >= 11 is 0. The SMILES string of the molecule is Cc1ccc(C)c(OC2CCCC2)c1. The standard InChI is InChI=1S/C13H18O/c1-10-7-8-11(2)13(9-10)14-12-5-3-4-6-12/h7-9,12H,3-6H2,1-2H3. The van der Waals surface area contributed by atoms with Gasteiger partial charge in [-0.15, -0.1) is 0 Å². The Kier molecular flexibility index (Phi) is 2.76. The molecule has 0 bridgehead atoms. The first kappa shape index (κ1) is 9.57. The Morgan fingerprint density at radius 2 is 1.86 bits per heavy atom. The molecule has 1 aliphatic carbocycles. The van der Waals surface area contributed by atoms with Crippen LogP contribution in [0.25, 0.3) is 0 Å². The third kappa shape index (κ3) is 2.09. The van der Waals surface area contributed by atoms with Crippen LogP contribution in [0.15, 0.2) is 18.2 Å². The average Bonchev–Trinajstić information content (AvgIpc) is 2.64. The summed E-state index contributed by atoms with van der Waals surface area (Å²) in [5.74, 6) is 1.08. The highest BCUT2D eigenvalue weighted by Gasteiger charge is 2.17. The fourth-order valence-corrected chi connectivity index (χ4v) is 2.02. The predicted molar refractivity (Wildman–Crippen MR) is 58.8 cm³/mol. The highest BCUT2D eigenvalue weighted by molar-refractivity contribution is 5.36. The highest BCUT2D eigenvalue weighted by atomic mass is 16.5. The second-order valence-electron chi connectivity index (χ2n) is 4.29. The monoisotopic (exact) mass is 190 g/mol. The van der Waals surface area contributed by atoms with Crippen molar-refractivity contribution in [3.63, 3.8) is 0 Å². The van der Waals surface area contributed by atoms with Crippen LogP contribution in [-0.4, -0.2) is 6.10 Å². The maximum absolute atomic E-state index is 5.99. The fraction of sp³-hybridized carbons (Fsp3) is 0.538. The van der Waals surface area contributed by atoms with Crippen LogP contribution in [0.5, 0.6) is 5.75 Å². The number of rotatable bonds is 2. The Labute approximate surface area is 86.1 Å². The molecule has 1 aromatic rings. The molecule has 1 heteroatoms. The van der Waals surface area contributed by atoms with Gasteiger partial charge in [-0.1, -0.05) is 12.1 Å². The zero-order valence-electron chi connectivity index (χ0n) is 9.05. The van der Waals surface area contributed by atoms with Crippen LogP contribution in [0.2, 0.25) is 0 Å². The Balaban J connectivity index is 2.10. The summed E-state index contributed by atoms with van der Waals surface area (Å²) < 4.78 is 5.99. The summed E-state index contributed by atoms with van der Waals surface area (Å²) in [5.41, 5.74) is 2.53. The molecule has 0 radical (unpaired) electrons. The predicted octanol–water partition coefficient (Wildman–Crippen LogP) is 3.62. The molecule has 1 nitrogen and oxygen atoms in total. The molecular weight excluding hydrogens is 172 g/mol. The number of aryl methyl sites for hydroxylation is 2. The first-order chi connectivity index (χ1) is 6.75. The normalized spacial score (nSPS) is 17.3. The summed E-state index contributed by atoms with van der Waals surface area (Å²) in [6, 6.07) is 6.42. The van der Waals surface area contributed by atoms with Crippen molar-refractivity contribution in [2.75, 3.05) is 0 Å². The zero-order valence-corrected chi connectivity index (χ0v) is 9.05. The van der Waals surface area contributed by atoms with E-state index in [1.807, 2.05) is 0 Å². The van der Waals surface area contributed by atoms with E-state index in [0.29, 0.717) is 6.10 Å². The van der Waals surface area contributed by atoms with Crippen molar-refractivity contribution >= 4 is 0 Å². The molecule has 1 fully saturated rings. The van der Waals surface area contributed by atoms with Crippen molar-refractivity contribution in [3.05, 3.63) is 29.3 Å². The minimum atomic E-state index is 0.468. The molecule has 1 saturated carbocycles. The molecule has 14 heavy (non-hydrogen) atoms. The lowest BCUT2D eigenvalue weighted by atomic mass is 10.1. The smallest absolute Gasteiger partial charge is 0.122 e. The van der Waals surface area contributed by atoms with Crippen LogP contribution in [-0.2, 0) is 0 Å². The first-order valence-electron chi connectivity index (χ1n) is 5.49. The Morgan fingerprint density at radius 3 is 2.57 bits per heavy atom. The summed E-state index contributed by atoms with van der Waals surface area (Å²) in [6.45, 7) is 4.23. The molecule has 0 N–H and O–H groups in total. The molecule has 0 unspecified atom stereocenters. The number of hydrogen-bond donors (Lipinski definition) is 0. The molecule has 2 rings (SSSR count). The van der Waals surface area contributed by atoms with Gasteiger partial charge < -0.3 is 4.74 Å². The van der Waals surface area contributed by atoms with Gasteiger partial charge >= 0.3 is 0 Å². The minimum absolute atomic E-state index is 0.468. The van der Waals surface area contributed by atoms with E-state index in [2.05, 4.69) is 32.0 Å². The molecule has 0 spiro atoms. The summed E-state index contributed by atoms with van der Waals surface area (Å²) in [4.78, 5) is 0. The van der Waals surface area contributed by atoms with Crippen LogP contribution in [0.4, 0.5) is 0 Å². The van der Waals surface area contributed by atoms with Crippen molar-refractivity contribution in [3.8, 4) is 5.75 Å². The van der Waals surface area contributed by atoms with E-state index in [4.69, 9.17) is 4.74 Å². The van der Waals surface area contributed by atoms with Crippen LogP contribution >= 0.6 is 0 Å². The number of hydrogen-bond acceptors (Lipinski definition) is 1. The average molecular weight is 190 g/mol. The Morgan fingerprint density at radius 1 is 1.14 bits per heavy atom. The van der Waals surface area contributed by atoms with E-state index >= 15 is 0 Å². The fourth-order valence-electron chi connectivity index (χ4n) is 2.02. The third-order valence-electron chi connectivity index (χ3n) is 2.94. The van der Waals surface area contributed by atoms with Gasteiger partial charge in [-0.25, -0.2) is 0 Å². The molecule has 0 heterocycles. The largest absolute Gasteiger partial charge is 0.490 e. The van der Waals surface area contributed by atoms with Crippen molar-refractivity contribution in [1.82, 2.24) is 0 Å². The van der Waals surface area contributed by atoms with E-state index in [0.717, 1.165) is 5.75 Å². The van der Waals surface area contributed by atoms with Crippen LogP contribution in [0.1, 0.15) is 36.8 Å². The van der Waals surface area contributed by atoms with E-state index < -0.39 is 0 Å². The lowest BCUT2D eigenvalue weighted by Gasteiger charge is -2.15. The lowest BCUT2D eigenvalue weighted by molar-refractivity contribution is 0.208. The molecule has 0 aliphatic heterocycles. The van der Waals surface area contributed by atoms with Gasteiger partial charge in [0.05, 0.1) is 6.10 Å². The Hall–Kier alpha value is -0.980. The van der Waals surface area contributed by atoms with Gasteiger partial charge in [0.1, 0.15) is 5.75 Å². The topological polar surface area (TPSA) is 9.23 Å². The van der Waals surface area contributed by atoms with Crippen molar-refractivity contribution in [2.45, 2.75) is 45.6 Å². The molecule has 0 atom stereocenters. The molecule has 1 aliphatic rings. The summed E-state index contributed by atoms with van der Waals surface area (Å²) in [6.07, 6.45) is 5.58. The molecule has 76 valence electrons. The van der Waals surface area contributed by atoms with Gasteiger partial charge in [0, 0.05) is 0 Å². The molecule has 1 aromatic carbocycles. The van der Waals surface area contributed by atoms with E-state index in [-0.39, 0.29) is 0 Å². The molecular formula is C13H18O. The van der Waals surface area contributed by atoms with Gasteiger partial charge in [-0.05, 0) is 56.7 Å². The summed E-state index contributed by atoms with van der Waals surface area (Å²) in [7, 11) is 0. The van der Waals surface area contributed by atoms with Crippen LogP contribution in [0, 0.1) is 13.8 Å². The Bertz CT molecular complexity index is 311. The van der Waals surface area contributed by atoms with Crippen molar-refractivity contribution in [1.29, 1.82) is 0 Å². The zero-order chi connectivity index (χ0) is 9.97. The number of ether oxygens (including phenoxy) is 1. The van der Waals surface area contributed by atoms with Gasteiger partial charge in [-0.2, -0.15) is 0 Å². The third-order valence-corrected chi connectivity index (χ3v) is 2.94. The molecule has 0 amide bonds. The summed E-state index contributed by atoms with van der Waals surface area (Å²) in [5, 5.41) is 0. The first-order valence-corrected chi connectivity index (χ1v) is 5.49. The maximum Gasteiger partial charge on any atom is 0.122 e. The molecule has 0 saturated heterocycles. The van der Waals surface area contributed by atoms with Gasteiger partial charge in [0.25, 0.3) is 0 Å². The maximum atomic E-state index is 5.99. The van der Waals surface area contributed by atoms with Crippen LogP contribution in [0.3, 0.4) is 0 Å². The second kappa shape index (κ2) is 4.04. The van der Waals surface area contributed by atoms with Crippen molar-refractivity contribution in [2.24, 2.45) is 0 Å². The van der Waals surface area contributed by atoms with Gasteiger partial charge in [0.2, 0.25) is 0 Å². The van der Waals surface area contributed by atoms with Gasteiger partial charge in [-0.3, -0.25) is 0 Å². The van der Waals surface area contributed by atoms with Gasteiger partial charge in [0.15, 0.2) is 0 Å². The second-order valence-corrected chi connectivity index (χ2v) is 4.29. The van der Waals surface area contributed by atoms with E-state index in [1.54, 1.807) is 0 Å². The number of benzene rings is 1. The highest BCUT2D eigenvalue weighted by Crippen LogP contribution is 2.26. The van der Waals surface area contributed by atoms with Crippen LogP contribution < -0.4 is 4.74 Å². The quantitative estimate of drug-likeness (QED) is 0.692. The molecule has 0 aromatic heterocycles. The van der Waals surface area contributed by atoms with E-state index in [1.165, 1.54) is 36.8 Å². The lowest BCUT2D eigenvalue weighted by Crippen LogP contribution is -2.11. The van der Waals surface area contributed by atoms with Crippen molar-refractivity contribution < 1.29 is 4.74 Å².